The minimum absolute atomic E-state index is 0.292. The Hall–Kier alpha value is -3.07. The maximum atomic E-state index is 9.60. The fourth-order valence-corrected chi connectivity index (χ4v) is 2.39. The van der Waals surface area contributed by atoms with Gasteiger partial charge in [0.1, 0.15) is 0 Å². The molecule has 3 aromatic rings. The molecule has 0 unspecified atom stereocenters. The summed E-state index contributed by atoms with van der Waals surface area (Å²) >= 11 is 0. The number of aliphatic carboxylic acids is 1. The molecule has 3 heteroatoms. The van der Waals surface area contributed by atoms with Crippen molar-refractivity contribution in [3.05, 3.63) is 91.0 Å². The van der Waals surface area contributed by atoms with Crippen molar-refractivity contribution in [3.63, 3.8) is 0 Å². The van der Waals surface area contributed by atoms with Gasteiger partial charge in [-0.2, -0.15) is 0 Å². The molecule has 0 saturated heterocycles. The molecule has 0 aliphatic heterocycles. The Labute approximate surface area is 149 Å². The average molecular weight is 333 g/mol. The molecule has 3 aromatic carbocycles. The maximum Gasteiger partial charge on any atom is 0.303 e. The van der Waals surface area contributed by atoms with Crippen LogP contribution in [0.15, 0.2) is 91.0 Å². The quantitative estimate of drug-likeness (QED) is 0.620. The fourth-order valence-electron chi connectivity index (χ4n) is 2.39. The maximum absolute atomic E-state index is 9.60. The third-order valence-corrected chi connectivity index (χ3v) is 3.51. The van der Waals surface area contributed by atoms with Gasteiger partial charge in [0.25, 0.3) is 0 Å². The van der Waals surface area contributed by atoms with Crippen LogP contribution in [0.5, 0.6) is 0 Å². The lowest BCUT2D eigenvalue weighted by Gasteiger charge is -2.25. The minimum atomic E-state index is -0.711. The number of rotatable bonds is 5. The summed E-state index contributed by atoms with van der Waals surface area (Å²) in [6.45, 7) is 1.84. The predicted molar refractivity (Wildman–Crippen MR) is 104 cm³/mol. The van der Waals surface area contributed by atoms with Gasteiger partial charge >= 0.3 is 5.97 Å². The van der Waals surface area contributed by atoms with Crippen LogP contribution in [-0.4, -0.2) is 11.1 Å². The molecule has 1 N–H and O–H groups in total. The van der Waals surface area contributed by atoms with Crippen LogP contribution in [0.1, 0.15) is 19.8 Å². The molecule has 3 nitrogen and oxygen atoms in total. The van der Waals surface area contributed by atoms with E-state index in [9.17, 15) is 4.79 Å². The van der Waals surface area contributed by atoms with Crippen LogP contribution in [0.4, 0.5) is 17.1 Å². The topological polar surface area (TPSA) is 40.5 Å². The molecule has 3 rings (SSSR count). The Morgan fingerprint density at radius 2 is 1.04 bits per heavy atom. The molecule has 0 aliphatic rings. The van der Waals surface area contributed by atoms with Gasteiger partial charge in [0.15, 0.2) is 0 Å². The zero-order chi connectivity index (χ0) is 17.9. The van der Waals surface area contributed by atoms with Gasteiger partial charge in [-0.15, -0.1) is 0 Å². The Kier molecular flexibility index (Phi) is 7.26. The first-order valence-corrected chi connectivity index (χ1v) is 8.39. The molecule has 0 spiro atoms. The van der Waals surface area contributed by atoms with Gasteiger partial charge in [0.2, 0.25) is 0 Å². The van der Waals surface area contributed by atoms with Gasteiger partial charge < -0.3 is 10.0 Å². The number of nitrogens with zero attached hydrogens (tertiary/aromatic N) is 1. The molecule has 0 radical (unpaired) electrons. The summed E-state index contributed by atoms with van der Waals surface area (Å²) in [5, 5.41) is 7.91. The minimum Gasteiger partial charge on any atom is -0.481 e. The van der Waals surface area contributed by atoms with Crippen molar-refractivity contribution in [1.29, 1.82) is 0 Å². The Balaban J connectivity index is 0.000000326. The van der Waals surface area contributed by atoms with Crippen LogP contribution in [0.2, 0.25) is 0 Å². The third kappa shape index (κ3) is 5.81. The van der Waals surface area contributed by atoms with E-state index in [0.29, 0.717) is 6.42 Å². The summed E-state index contributed by atoms with van der Waals surface area (Å²) < 4.78 is 0. The summed E-state index contributed by atoms with van der Waals surface area (Å²) in [7, 11) is 0. The summed E-state index contributed by atoms with van der Waals surface area (Å²) in [5.74, 6) is -0.711. The van der Waals surface area contributed by atoms with E-state index in [2.05, 4.69) is 77.7 Å². The van der Waals surface area contributed by atoms with Gasteiger partial charge in [0, 0.05) is 23.5 Å². The number of benzene rings is 3. The summed E-state index contributed by atoms with van der Waals surface area (Å²) in [5.41, 5.74) is 3.50. The molecule has 0 saturated carbocycles. The van der Waals surface area contributed by atoms with E-state index in [-0.39, 0.29) is 0 Å². The lowest BCUT2D eigenvalue weighted by atomic mass is 10.2. The largest absolute Gasteiger partial charge is 0.481 e. The predicted octanol–water partition coefficient (Wildman–Crippen LogP) is 6.03. The standard InChI is InChI=1S/C18H15N.C4H8O2/c1-4-10-16(11-5-1)19(17-12-6-2-7-13-17)18-14-8-3-9-15-18;1-2-3-4(5)6/h1-15H;2-3H2,1H3,(H,5,6). The zero-order valence-corrected chi connectivity index (χ0v) is 14.4. The molecule has 128 valence electrons. The fraction of sp³-hybridized carbons (Fsp3) is 0.136. The highest BCUT2D eigenvalue weighted by Gasteiger charge is 2.10. The lowest BCUT2D eigenvalue weighted by molar-refractivity contribution is -0.137. The molecule has 0 bridgehead atoms. The van der Waals surface area contributed by atoms with Crippen LogP contribution in [0.3, 0.4) is 0 Å². The highest BCUT2D eigenvalue weighted by Crippen LogP contribution is 2.33. The number of carbonyl (C=O) groups is 1. The Bertz CT molecular complexity index is 649. The molecule has 25 heavy (non-hydrogen) atoms. The molecule has 0 aromatic heterocycles. The summed E-state index contributed by atoms with van der Waals surface area (Å²) in [4.78, 5) is 11.8. The van der Waals surface area contributed by atoms with Crippen LogP contribution in [-0.2, 0) is 4.79 Å². The number of hydrogen-bond acceptors (Lipinski definition) is 2. The van der Waals surface area contributed by atoms with Crippen LogP contribution < -0.4 is 4.90 Å². The van der Waals surface area contributed by atoms with Gasteiger partial charge in [-0.25, -0.2) is 0 Å². The molecule has 0 fully saturated rings. The van der Waals surface area contributed by atoms with Gasteiger partial charge in [-0.1, -0.05) is 61.5 Å². The summed E-state index contributed by atoms with van der Waals surface area (Å²) in [6.07, 6.45) is 1.02. The number of para-hydroxylation sites is 3. The van der Waals surface area contributed by atoms with Crippen molar-refractivity contribution < 1.29 is 9.90 Å². The molecule has 0 aliphatic carbocycles. The van der Waals surface area contributed by atoms with Crippen molar-refractivity contribution in [3.8, 4) is 0 Å². The third-order valence-electron chi connectivity index (χ3n) is 3.51. The van der Waals surface area contributed by atoms with E-state index in [1.165, 1.54) is 17.1 Å². The van der Waals surface area contributed by atoms with Crippen molar-refractivity contribution in [2.24, 2.45) is 0 Å². The van der Waals surface area contributed by atoms with E-state index in [1.807, 2.05) is 25.1 Å². The van der Waals surface area contributed by atoms with E-state index in [1.54, 1.807) is 0 Å². The van der Waals surface area contributed by atoms with Crippen molar-refractivity contribution in [2.75, 3.05) is 4.90 Å². The first-order valence-electron chi connectivity index (χ1n) is 8.39. The number of carboxylic acids is 1. The normalized spacial score (nSPS) is 9.64. The second-order valence-corrected chi connectivity index (χ2v) is 5.49. The SMILES string of the molecule is CCCC(=O)O.c1ccc(N(c2ccccc2)c2ccccc2)cc1. The van der Waals surface area contributed by atoms with Crippen molar-refractivity contribution in [1.82, 2.24) is 0 Å². The highest BCUT2D eigenvalue weighted by atomic mass is 16.4. The summed E-state index contributed by atoms with van der Waals surface area (Å²) in [6, 6.07) is 31.3. The first-order chi connectivity index (χ1) is 12.2. The van der Waals surface area contributed by atoms with Crippen LogP contribution in [0.25, 0.3) is 0 Å². The Morgan fingerprint density at radius 1 is 0.720 bits per heavy atom. The van der Waals surface area contributed by atoms with Crippen LogP contribution >= 0.6 is 0 Å². The van der Waals surface area contributed by atoms with Gasteiger partial charge in [0.05, 0.1) is 0 Å². The van der Waals surface area contributed by atoms with E-state index in [0.717, 1.165) is 6.42 Å². The highest BCUT2D eigenvalue weighted by molar-refractivity contribution is 5.76. The Morgan fingerprint density at radius 3 is 1.24 bits per heavy atom. The molecule has 0 heterocycles. The number of anilines is 3. The van der Waals surface area contributed by atoms with Crippen LogP contribution in [0, 0.1) is 0 Å². The van der Waals surface area contributed by atoms with Crippen molar-refractivity contribution >= 4 is 23.0 Å². The second kappa shape index (κ2) is 9.93. The average Bonchev–Trinajstić information content (AvgIpc) is 2.65. The molecular weight excluding hydrogens is 310 g/mol. The molecule has 0 amide bonds. The van der Waals surface area contributed by atoms with E-state index in [4.69, 9.17) is 5.11 Å². The van der Waals surface area contributed by atoms with Gasteiger partial charge in [-0.05, 0) is 42.8 Å². The lowest BCUT2D eigenvalue weighted by Crippen LogP contribution is -2.09. The first kappa shape index (κ1) is 18.3. The number of hydrogen-bond donors (Lipinski definition) is 1. The smallest absolute Gasteiger partial charge is 0.303 e. The van der Waals surface area contributed by atoms with Gasteiger partial charge in [-0.3, -0.25) is 4.79 Å². The van der Waals surface area contributed by atoms with E-state index < -0.39 is 5.97 Å². The second-order valence-electron chi connectivity index (χ2n) is 5.49. The van der Waals surface area contributed by atoms with Crippen molar-refractivity contribution in [2.45, 2.75) is 19.8 Å². The number of carboxylic acid groups (broad SMARTS) is 1. The molecular formula is C22H23NO2. The van der Waals surface area contributed by atoms with E-state index >= 15 is 0 Å². The monoisotopic (exact) mass is 333 g/mol. The molecule has 0 atom stereocenters. The zero-order valence-electron chi connectivity index (χ0n) is 14.4.